The molecule has 0 radical (unpaired) electrons. The first kappa shape index (κ1) is 16.4. The lowest BCUT2D eigenvalue weighted by atomic mass is 10.1. The maximum absolute atomic E-state index is 12.6. The van der Waals surface area contributed by atoms with Crippen LogP contribution in [0, 0.1) is 6.92 Å². The Kier molecular flexibility index (Phi) is 4.21. The Bertz CT molecular complexity index is 1030. The summed E-state index contributed by atoms with van der Waals surface area (Å²) in [4.78, 5) is 27.1. The number of amides is 1. The number of benzene rings is 2. The topological polar surface area (TPSA) is 62.6 Å². The lowest BCUT2D eigenvalue weighted by molar-refractivity contribution is 0.102. The summed E-state index contributed by atoms with van der Waals surface area (Å²) < 4.78 is 5.25. The quantitative estimate of drug-likeness (QED) is 0.728. The number of para-hydroxylation sites is 1. The highest BCUT2D eigenvalue weighted by Crippen LogP contribution is 2.26. The van der Waals surface area contributed by atoms with Crippen LogP contribution in [0.3, 0.4) is 0 Å². The van der Waals surface area contributed by atoms with E-state index >= 15 is 0 Å². The fourth-order valence-electron chi connectivity index (χ4n) is 3.37. The first-order chi connectivity index (χ1) is 12.6. The first-order valence-electron chi connectivity index (χ1n) is 8.82. The molecular formula is C21H20N2O3. The molecule has 3 aromatic rings. The third kappa shape index (κ3) is 3.08. The van der Waals surface area contributed by atoms with Crippen molar-refractivity contribution in [3.8, 4) is 0 Å². The average molecular weight is 348 g/mol. The van der Waals surface area contributed by atoms with Crippen molar-refractivity contribution >= 4 is 28.3 Å². The number of hydrogen-bond donors (Lipinski definition) is 1. The smallest absolute Gasteiger partial charge is 0.349 e. The van der Waals surface area contributed by atoms with Gasteiger partial charge in [-0.05, 0) is 55.7 Å². The maximum atomic E-state index is 12.6. The van der Waals surface area contributed by atoms with Crippen LogP contribution in [0.25, 0.3) is 11.0 Å². The number of hydrogen-bond acceptors (Lipinski definition) is 4. The molecule has 5 nitrogen and oxygen atoms in total. The van der Waals surface area contributed by atoms with E-state index in [1.54, 1.807) is 18.2 Å². The van der Waals surface area contributed by atoms with Gasteiger partial charge in [0, 0.05) is 29.9 Å². The van der Waals surface area contributed by atoms with Gasteiger partial charge in [0.05, 0.1) is 0 Å². The summed E-state index contributed by atoms with van der Waals surface area (Å²) in [5.74, 6) is -0.457. The Morgan fingerprint density at radius 3 is 2.62 bits per heavy atom. The second kappa shape index (κ2) is 6.67. The molecule has 1 aliphatic heterocycles. The van der Waals surface area contributed by atoms with Crippen LogP contribution in [0.5, 0.6) is 0 Å². The number of carbonyl (C=O) groups excluding carboxylic acids is 1. The predicted octanol–water partition coefficient (Wildman–Crippen LogP) is 3.95. The summed E-state index contributed by atoms with van der Waals surface area (Å²) >= 11 is 0. The van der Waals surface area contributed by atoms with E-state index in [0.717, 1.165) is 24.0 Å². The van der Waals surface area contributed by atoms with Gasteiger partial charge in [0.25, 0.3) is 5.91 Å². The fraction of sp³-hybridized carbons (Fsp3) is 0.238. The van der Waals surface area contributed by atoms with Crippen molar-refractivity contribution in [2.24, 2.45) is 0 Å². The van der Waals surface area contributed by atoms with Crippen LogP contribution < -0.4 is 15.8 Å². The van der Waals surface area contributed by atoms with Gasteiger partial charge in [-0.3, -0.25) is 4.79 Å². The van der Waals surface area contributed by atoms with Gasteiger partial charge in [-0.15, -0.1) is 0 Å². The van der Waals surface area contributed by atoms with Gasteiger partial charge in [0.1, 0.15) is 11.1 Å². The van der Waals surface area contributed by atoms with Crippen molar-refractivity contribution in [1.82, 2.24) is 0 Å². The highest BCUT2D eigenvalue weighted by atomic mass is 16.4. The standard InChI is InChI=1S/C21H20N2O3/c1-14-12-16(23-10-4-5-11-23)8-9-18(14)22-20(24)17-13-15-6-2-3-7-19(15)26-21(17)25/h2-3,6-9,12-13H,4-5,10-11H2,1H3,(H,22,24). The lowest BCUT2D eigenvalue weighted by Crippen LogP contribution is -2.21. The molecule has 1 saturated heterocycles. The second-order valence-corrected chi connectivity index (χ2v) is 6.63. The molecule has 0 aliphatic carbocycles. The minimum absolute atomic E-state index is 0.00622. The van der Waals surface area contributed by atoms with Crippen molar-refractivity contribution in [3.63, 3.8) is 0 Å². The minimum Gasteiger partial charge on any atom is -0.422 e. The van der Waals surface area contributed by atoms with Crippen LogP contribution in [-0.4, -0.2) is 19.0 Å². The SMILES string of the molecule is Cc1cc(N2CCCC2)ccc1NC(=O)c1cc2ccccc2oc1=O. The van der Waals surface area contributed by atoms with Crippen molar-refractivity contribution in [1.29, 1.82) is 0 Å². The van der Waals surface area contributed by atoms with Gasteiger partial charge in [0.15, 0.2) is 0 Å². The number of rotatable bonds is 3. The molecule has 0 saturated carbocycles. The zero-order chi connectivity index (χ0) is 18.1. The van der Waals surface area contributed by atoms with Gasteiger partial charge >= 0.3 is 5.63 Å². The van der Waals surface area contributed by atoms with Gasteiger partial charge < -0.3 is 14.6 Å². The van der Waals surface area contributed by atoms with Gasteiger partial charge in [-0.25, -0.2) is 4.79 Å². The Balaban J connectivity index is 1.60. The highest BCUT2D eigenvalue weighted by molar-refractivity contribution is 6.05. The number of nitrogens with zero attached hydrogens (tertiary/aromatic N) is 1. The largest absolute Gasteiger partial charge is 0.422 e. The third-order valence-corrected chi connectivity index (χ3v) is 4.82. The molecule has 1 aromatic heterocycles. The molecular weight excluding hydrogens is 328 g/mol. The molecule has 4 rings (SSSR count). The molecule has 1 fully saturated rings. The number of fused-ring (bicyclic) bond motifs is 1. The summed E-state index contributed by atoms with van der Waals surface area (Å²) in [5.41, 5.74) is 2.68. The van der Waals surface area contributed by atoms with Crippen LogP contribution in [0.2, 0.25) is 0 Å². The molecule has 1 aliphatic rings. The van der Waals surface area contributed by atoms with Crippen LogP contribution in [0.15, 0.2) is 57.7 Å². The van der Waals surface area contributed by atoms with E-state index in [1.807, 2.05) is 31.2 Å². The zero-order valence-electron chi connectivity index (χ0n) is 14.6. The monoisotopic (exact) mass is 348 g/mol. The van der Waals surface area contributed by atoms with E-state index in [4.69, 9.17) is 4.42 Å². The molecule has 5 heteroatoms. The summed E-state index contributed by atoms with van der Waals surface area (Å²) in [6.45, 7) is 4.10. The van der Waals surface area contributed by atoms with Gasteiger partial charge in [0.2, 0.25) is 0 Å². The van der Waals surface area contributed by atoms with E-state index in [9.17, 15) is 9.59 Å². The second-order valence-electron chi connectivity index (χ2n) is 6.63. The summed E-state index contributed by atoms with van der Waals surface area (Å²) in [5, 5.41) is 3.55. The normalized spacial score (nSPS) is 14.0. The Hall–Kier alpha value is -3.08. The first-order valence-corrected chi connectivity index (χ1v) is 8.82. The molecule has 0 bridgehead atoms. The van der Waals surface area contributed by atoms with Crippen LogP contribution in [0.4, 0.5) is 11.4 Å². The predicted molar refractivity (Wildman–Crippen MR) is 103 cm³/mol. The van der Waals surface area contributed by atoms with Crippen LogP contribution >= 0.6 is 0 Å². The Labute approximate surface area is 151 Å². The van der Waals surface area contributed by atoms with Crippen LogP contribution in [0.1, 0.15) is 28.8 Å². The molecule has 1 N–H and O–H groups in total. The number of carbonyl (C=O) groups is 1. The third-order valence-electron chi connectivity index (χ3n) is 4.82. The Morgan fingerprint density at radius 2 is 1.85 bits per heavy atom. The molecule has 2 heterocycles. The van der Waals surface area contributed by atoms with Crippen molar-refractivity contribution in [3.05, 3.63) is 70.1 Å². The summed E-state index contributed by atoms with van der Waals surface area (Å²) in [6.07, 6.45) is 2.44. The number of anilines is 2. The minimum atomic E-state index is -0.632. The maximum Gasteiger partial charge on any atom is 0.349 e. The van der Waals surface area contributed by atoms with Gasteiger partial charge in [-0.2, -0.15) is 0 Å². The Morgan fingerprint density at radius 1 is 1.08 bits per heavy atom. The summed E-state index contributed by atoms with van der Waals surface area (Å²) in [7, 11) is 0. The van der Waals surface area contributed by atoms with Crippen LogP contribution in [-0.2, 0) is 0 Å². The number of nitrogens with one attached hydrogen (secondary N) is 1. The van der Waals surface area contributed by atoms with Crippen molar-refractivity contribution in [2.45, 2.75) is 19.8 Å². The van der Waals surface area contributed by atoms with E-state index in [2.05, 4.69) is 16.3 Å². The van der Waals surface area contributed by atoms with Crippen molar-refractivity contribution < 1.29 is 9.21 Å². The van der Waals surface area contributed by atoms with E-state index in [-0.39, 0.29) is 5.56 Å². The highest BCUT2D eigenvalue weighted by Gasteiger charge is 2.16. The lowest BCUT2D eigenvalue weighted by Gasteiger charge is -2.19. The molecule has 132 valence electrons. The van der Waals surface area contributed by atoms with E-state index in [0.29, 0.717) is 11.3 Å². The van der Waals surface area contributed by atoms with Crippen molar-refractivity contribution in [2.75, 3.05) is 23.3 Å². The van der Waals surface area contributed by atoms with Gasteiger partial charge in [-0.1, -0.05) is 18.2 Å². The molecule has 1 amide bonds. The fourth-order valence-corrected chi connectivity index (χ4v) is 3.37. The molecule has 26 heavy (non-hydrogen) atoms. The zero-order valence-corrected chi connectivity index (χ0v) is 14.6. The molecule has 2 aromatic carbocycles. The van der Waals surface area contributed by atoms with E-state index < -0.39 is 11.5 Å². The molecule has 0 unspecified atom stereocenters. The summed E-state index contributed by atoms with van der Waals surface area (Å²) in [6, 6.07) is 14.7. The number of aryl methyl sites for hydroxylation is 1. The van der Waals surface area contributed by atoms with E-state index in [1.165, 1.54) is 18.5 Å². The molecule has 0 spiro atoms. The average Bonchev–Trinajstić information content (AvgIpc) is 3.17. The molecule has 0 atom stereocenters.